The van der Waals surface area contributed by atoms with E-state index in [2.05, 4.69) is 49.9 Å². The van der Waals surface area contributed by atoms with Crippen LogP contribution in [-0.2, 0) is 28.7 Å². The number of carbonyl (C=O) groups excluding carboxylic acids is 1. The van der Waals surface area contributed by atoms with E-state index in [0.29, 0.717) is 16.7 Å². The Labute approximate surface area is 217 Å². The number of carbonyl (C=O) groups is 1. The average Bonchev–Trinajstić information content (AvgIpc) is 3.11. The second kappa shape index (κ2) is 12.9. The first-order chi connectivity index (χ1) is 16.8. The van der Waals surface area contributed by atoms with Crippen molar-refractivity contribution in [1.29, 1.82) is 0 Å². The number of benzene rings is 2. The van der Waals surface area contributed by atoms with Gasteiger partial charge in [0.05, 0.1) is 17.0 Å². The molecule has 0 spiro atoms. The fourth-order valence-electron chi connectivity index (χ4n) is 4.26. The van der Waals surface area contributed by atoms with E-state index < -0.39 is 11.0 Å². The van der Waals surface area contributed by atoms with Gasteiger partial charge in [-0.1, -0.05) is 57.1 Å². The van der Waals surface area contributed by atoms with Crippen LogP contribution in [-0.4, -0.2) is 34.3 Å². The van der Waals surface area contributed by atoms with Gasteiger partial charge in [0.1, 0.15) is 16.7 Å². The van der Waals surface area contributed by atoms with Gasteiger partial charge in [0.2, 0.25) is 5.91 Å². The van der Waals surface area contributed by atoms with Gasteiger partial charge in [-0.25, -0.2) is 9.35 Å². The molecule has 7 nitrogen and oxygen atoms in total. The van der Waals surface area contributed by atoms with E-state index in [-0.39, 0.29) is 12.3 Å². The largest absolute Gasteiger partial charge is 0.369 e. The van der Waals surface area contributed by atoms with Crippen molar-refractivity contribution in [2.45, 2.75) is 71.2 Å². The Morgan fingerprint density at radius 2 is 1.56 bits per heavy atom. The summed E-state index contributed by atoms with van der Waals surface area (Å²) in [7, 11) is 2.65. The monoisotopic (exact) mass is 512 g/mol. The van der Waals surface area contributed by atoms with Crippen molar-refractivity contribution in [3.05, 3.63) is 70.1 Å². The van der Waals surface area contributed by atoms with Crippen LogP contribution in [0.15, 0.2) is 45.8 Å². The quantitative estimate of drug-likeness (QED) is 0.442. The summed E-state index contributed by atoms with van der Waals surface area (Å²) in [5.41, 5.74) is 13.1. The van der Waals surface area contributed by atoms with E-state index in [0.717, 1.165) is 34.7 Å². The Hall–Kier alpha value is -2.81. The maximum Gasteiger partial charge on any atom is 0.221 e. The van der Waals surface area contributed by atoms with Gasteiger partial charge in [0, 0.05) is 12.1 Å². The fraction of sp³-hybridized carbons (Fsp3) is 0.429. The van der Waals surface area contributed by atoms with Crippen LogP contribution in [0.4, 0.5) is 0 Å². The molecule has 0 aliphatic carbocycles. The summed E-state index contributed by atoms with van der Waals surface area (Å²) in [5, 5.41) is 9.29. The minimum absolute atomic E-state index is 0.281. The maximum atomic E-state index is 11.5. The second-order valence-corrected chi connectivity index (χ2v) is 11.0. The summed E-state index contributed by atoms with van der Waals surface area (Å²) in [6.45, 7) is 13.3. The Morgan fingerprint density at radius 3 is 1.92 bits per heavy atom. The van der Waals surface area contributed by atoms with E-state index in [1.165, 1.54) is 16.7 Å². The number of hydrogen-bond donors (Lipinski definition) is 2. The summed E-state index contributed by atoms with van der Waals surface area (Å²) in [5.74, 6) is 1.14. The van der Waals surface area contributed by atoms with Gasteiger partial charge in [-0.05, 0) is 79.7 Å². The van der Waals surface area contributed by atoms with E-state index in [1.807, 2.05) is 40.1 Å². The highest BCUT2D eigenvalue weighted by atomic mass is 32.2. The normalized spacial score (nSPS) is 12.1. The fourth-order valence-corrected chi connectivity index (χ4v) is 4.66. The molecule has 1 atom stereocenters. The molecule has 0 saturated carbocycles. The minimum atomic E-state index is -1.36. The number of amides is 1. The molecule has 1 unspecified atom stereocenters. The van der Waals surface area contributed by atoms with Crippen LogP contribution in [0.5, 0.6) is 0 Å². The lowest BCUT2D eigenvalue weighted by molar-refractivity contribution is -0.117. The van der Waals surface area contributed by atoms with Crippen molar-refractivity contribution < 1.29 is 13.5 Å². The number of hydrogen-bond acceptors (Lipinski definition) is 5. The molecule has 0 aliphatic heterocycles. The van der Waals surface area contributed by atoms with Gasteiger partial charge in [-0.2, -0.15) is 0 Å². The zero-order valence-electron chi connectivity index (χ0n) is 22.7. The van der Waals surface area contributed by atoms with Crippen LogP contribution in [0, 0.1) is 13.8 Å². The van der Waals surface area contributed by atoms with Gasteiger partial charge >= 0.3 is 0 Å². The van der Waals surface area contributed by atoms with Crippen molar-refractivity contribution in [1.82, 2.24) is 10.1 Å². The third-order valence-electron chi connectivity index (χ3n) is 5.89. The van der Waals surface area contributed by atoms with Crippen molar-refractivity contribution in [2.24, 2.45) is 10.9 Å². The number of aromatic nitrogens is 1. The average molecular weight is 513 g/mol. The molecule has 4 N–H and O–H groups in total. The highest BCUT2D eigenvalue weighted by molar-refractivity contribution is 7.82. The molecule has 2 aromatic carbocycles. The molecule has 0 fully saturated rings. The predicted molar refractivity (Wildman–Crippen MR) is 147 cm³/mol. The Balaban J connectivity index is 0.000000297. The molecule has 8 heteroatoms. The molecule has 3 rings (SSSR count). The van der Waals surface area contributed by atoms with E-state index in [1.54, 1.807) is 12.1 Å². The Kier molecular flexibility index (Phi) is 10.6. The lowest BCUT2D eigenvalue weighted by Crippen LogP contribution is -2.17. The molecule has 1 amide bonds. The highest BCUT2D eigenvalue weighted by Crippen LogP contribution is 2.36. The van der Waals surface area contributed by atoms with E-state index in [9.17, 15) is 9.00 Å². The first kappa shape index (κ1) is 29.4. The lowest BCUT2D eigenvalue weighted by atomic mass is 9.83. The summed E-state index contributed by atoms with van der Waals surface area (Å²) < 4.78 is 16.2. The van der Waals surface area contributed by atoms with Crippen LogP contribution >= 0.6 is 0 Å². The minimum Gasteiger partial charge on any atom is -0.369 e. The van der Waals surface area contributed by atoms with Crippen LogP contribution < -0.4 is 10.9 Å². The van der Waals surface area contributed by atoms with E-state index >= 15 is 0 Å². The molecule has 0 bridgehead atoms. The first-order valence-corrected chi connectivity index (χ1v) is 13.3. The lowest BCUT2D eigenvalue weighted by Gasteiger charge is -2.21. The Bertz CT molecular complexity index is 1150. The van der Waals surface area contributed by atoms with E-state index in [4.69, 9.17) is 15.4 Å². The molecule has 1 aromatic heterocycles. The van der Waals surface area contributed by atoms with Gasteiger partial charge in [-0.15, -0.1) is 0 Å². The number of aryl methyl sites for hydroxylation is 2. The van der Waals surface area contributed by atoms with Crippen LogP contribution in [0.1, 0.15) is 73.2 Å². The summed E-state index contributed by atoms with van der Waals surface area (Å²) in [6, 6.07) is 11.8. The first-order valence-electron chi connectivity index (χ1n) is 12.1. The van der Waals surface area contributed by atoms with Gasteiger partial charge in [0.25, 0.3) is 0 Å². The number of rotatable bonds is 8. The third kappa shape index (κ3) is 7.85. The number of primary amides is 1. The molecule has 3 aromatic rings. The Morgan fingerprint density at radius 1 is 1.03 bits per heavy atom. The molecule has 0 radical (unpaired) electrons. The molecule has 0 aliphatic rings. The third-order valence-corrected chi connectivity index (χ3v) is 6.63. The van der Waals surface area contributed by atoms with Gasteiger partial charge in [0.15, 0.2) is 0 Å². The van der Waals surface area contributed by atoms with Crippen molar-refractivity contribution >= 4 is 16.9 Å². The van der Waals surface area contributed by atoms with Gasteiger partial charge in [-0.3, -0.25) is 4.79 Å². The molecule has 36 heavy (non-hydrogen) atoms. The van der Waals surface area contributed by atoms with Gasteiger partial charge < -0.3 is 15.2 Å². The molecule has 196 valence electrons. The predicted octanol–water partition coefficient (Wildman–Crippen LogP) is 4.96. The topological polar surface area (TPSA) is 115 Å². The molecule has 0 saturated heterocycles. The van der Waals surface area contributed by atoms with Crippen molar-refractivity contribution in [3.8, 4) is 11.1 Å². The number of nitrogens with zero attached hydrogens (tertiary/aromatic N) is 2. The smallest absolute Gasteiger partial charge is 0.221 e. The van der Waals surface area contributed by atoms with Crippen LogP contribution in [0.25, 0.3) is 11.1 Å². The van der Waals surface area contributed by atoms with Crippen LogP contribution in [0.3, 0.4) is 0 Å². The summed E-state index contributed by atoms with van der Waals surface area (Å²) in [6.07, 6.45) is 0.281. The summed E-state index contributed by atoms with van der Waals surface area (Å²) >= 11 is 0. The SMILES string of the molecule is CN(C)Cc1ccc(S(N)=O)cc1.Cc1noc(C)c1-c1cc(C(C)C)c(CC(N)=O)c(C(C)C)c1. The molecular formula is C28H40N4O3S. The number of nitrogens with two attached hydrogens (primary N) is 2. The standard InChI is InChI=1S/C19H26N2O2.C9H14N2OS/c1-10(2)15-7-14(19-12(5)21-23-13(19)6)8-16(11(3)4)17(15)9-18(20)22;1-11(2)7-8-3-5-9(6-4-8)13(10)12/h7-8,10-11H,9H2,1-6H3,(H2,20,22);3-6H,7,10H2,1-2H3. The molecule has 1 heterocycles. The zero-order chi connectivity index (χ0) is 27.2. The second-order valence-electron chi connectivity index (χ2n) is 9.96. The van der Waals surface area contributed by atoms with Crippen molar-refractivity contribution in [3.63, 3.8) is 0 Å². The maximum absolute atomic E-state index is 11.5. The van der Waals surface area contributed by atoms with Crippen LogP contribution in [0.2, 0.25) is 0 Å². The van der Waals surface area contributed by atoms with Crippen molar-refractivity contribution in [2.75, 3.05) is 14.1 Å². The summed E-state index contributed by atoms with van der Waals surface area (Å²) in [4.78, 5) is 14.3. The zero-order valence-corrected chi connectivity index (χ0v) is 23.5. The molecular weight excluding hydrogens is 472 g/mol. The highest BCUT2D eigenvalue weighted by Gasteiger charge is 2.20.